The van der Waals surface area contributed by atoms with Crippen LogP contribution < -0.4 is 5.73 Å². The summed E-state index contributed by atoms with van der Waals surface area (Å²) < 4.78 is 2.64. The van der Waals surface area contributed by atoms with Crippen LogP contribution in [0, 0.1) is 6.92 Å². The number of halogens is 2. The molecular weight excluding hydrogens is 354 g/mol. The molecule has 3 aromatic rings. The van der Waals surface area contributed by atoms with Gasteiger partial charge in [0.25, 0.3) is 0 Å². The third-order valence-corrected chi connectivity index (χ3v) is 3.95. The molecule has 3 rings (SSSR count). The number of hydrogen-bond acceptors (Lipinski definition) is 4. The highest BCUT2D eigenvalue weighted by Gasteiger charge is 2.13. The van der Waals surface area contributed by atoms with Gasteiger partial charge in [0.15, 0.2) is 5.82 Å². The largest absolute Gasteiger partial charge is 0.398 e. The molecule has 7 heteroatoms. The molecule has 0 saturated carbocycles. The fourth-order valence-electron chi connectivity index (χ4n) is 2.01. The first-order valence-electron chi connectivity index (χ1n) is 6.16. The lowest BCUT2D eigenvalue weighted by Gasteiger charge is -2.09. The normalized spacial score (nSPS) is 10.8. The maximum absolute atomic E-state index is 6.08. The second-order valence-electron chi connectivity index (χ2n) is 4.58. The summed E-state index contributed by atoms with van der Waals surface area (Å²) in [6.45, 7) is 2.00. The Balaban J connectivity index is 2.17. The molecule has 0 unspecified atom stereocenters. The van der Waals surface area contributed by atoms with Crippen LogP contribution in [-0.2, 0) is 0 Å². The van der Waals surface area contributed by atoms with Crippen molar-refractivity contribution in [3.8, 4) is 17.1 Å². The molecule has 0 amide bonds. The number of nitrogens with two attached hydrogens (primary N) is 1. The van der Waals surface area contributed by atoms with Crippen molar-refractivity contribution < 1.29 is 0 Å². The zero-order valence-corrected chi connectivity index (χ0v) is 13.4. The fraction of sp³-hybridized carbons (Fsp3) is 0.0714. The zero-order valence-electron chi connectivity index (χ0n) is 11.1. The molecular formula is C14H11BrClN5. The highest BCUT2D eigenvalue weighted by atomic mass is 79.9. The number of aryl methyl sites for hydroxylation is 1. The first-order chi connectivity index (χ1) is 10.1. The van der Waals surface area contributed by atoms with Gasteiger partial charge in [-0.1, -0.05) is 33.6 Å². The van der Waals surface area contributed by atoms with Crippen molar-refractivity contribution in [1.29, 1.82) is 0 Å². The van der Waals surface area contributed by atoms with Gasteiger partial charge >= 0.3 is 0 Å². The fourth-order valence-corrected chi connectivity index (χ4v) is 2.54. The SMILES string of the molecule is Cc1ccc(Br)cc1-n1nnnc1-c1ccc(N)c(Cl)c1. The van der Waals surface area contributed by atoms with E-state index in [0.717, 1.165) is 21.3 Å². The van der Waals surface area contributed by atoms with Crippen LogP contribution >= 0.6 is 27.5 Å². The van der Waals surface area contributed by atoms with E-state index in [0.29, 0.717) is 16.5 Å². The minimum Gasteiger partial charge on any atom is -0.398 e. The lowest BCUT2D eigenvalue weighted by atomic mass is 10.1. The Morgan fingerprint density at radius 2 is 2.00 bits per heavy atom. The van der Waals surface area contributed by atoms with Crippen molar-refractivity contribution in [1.82, 2.24) is 20.2 Å². The lowest BCUT2D eigenvalue weighted by Crippen LogP contribution is -2.02. The Bertz CT molecular complexity index is 815. The standard InChI is InChI=1S/C14H11BrClN5/c1-8-2-4-10(15)7-13(8)21-14(18-19-20-21)9-3-5-12(17)11(16)6-9/h2-7H,17H2,1H3. The molecule has 21 heavy (non-hydrogen) atoms. The minimum absolute atomic E-state index is 0.480. The number of rotatable bonds is 2. The van der Waals surface area contributed by atoms with Gasteiger partial charge in [-0.25, -0.2) is 0 Å². The Labute approximate surface area is 134 Å². The van der Waals surface area contributed by atoms with Gasteiger partial charge in [0.2, 0.25) is 0 Å². The van der Waals surface area contributed by atoms with Gasteiger partial charge in [-0.3, -0.25) is 0 Å². The molecule has 106 valence electrons. The van der Waals surface area contributed by atoms with Gasteiger partial charge in [-0.05, 0) is 53.2 Å². The van der Waals surface area contributed by atoms with Crippen molar-refractivity contribution in [3.05, 3.63) is 51.5 Å². The summed E-state index contributed by atoms with van der Waals surface area (Å²) in [4.78, 5) is 0. The van der Waals surface area contributed by atoms with Crippen LogP contribution in [0.2, 0.25) is 5.02 Å². The Hall–Kier alpha value is -1.92. The van der Waals surface area contributed by atoms with Gasteiger partial charge in [0, 0.05) is 10.0 Å². The summed E-state index contributed by atoms with van der Waals surface area (Å²) in [5.74, 6) is 0.609. The van der Waals surface area contributed by atoms with Gasteiger partial charge in [-0.15, -0.1) is 5.10 Å². The number of aromatic nitrogens is 4. The van der Waals surface area contributed by atoms with Crippen molar-refractivity contribution in [2.75, 3.05) is 5.73 Å². The lowest BCUT2D eigenvalue weighted by molar-refractivity contribution is 0.787. The van der Waals surface area contributed by atoms with E-state index in [1.54, 1.807) is 16.8 Å². The smallest absolute Gasteiger partial charge is 0.187 e. The van der Waals surface area contributed by atoms with Crippen LogP contribution in [0.1, 0.15) is 5.56 Å². The average Bonchev–Trinajstić information content (AvgIpc) is 2.93. The van der Waals surface area contributed by atoms with E-state index in [9.17, 15) is 0 Å². The zero-order chi connectivity index (χ0) is 15.0. The van der Waals surface area contributed by atoms with E-state index < -0.39 is 0 Å². The van der Waals surface area contributed by atoms with E-state index in [1.807, 2.05) is 31.2 Å². The highest BCUT2D eigenvalue weighted by Crippen LogP contribution is 2.28. The van der Waals surface area contributed by atoms with Crippen molar-refractivity contribution >= 4 is 33.2 Å². The maximum atomic E-state index is 6.08. The molecule has 1 heterocycles. The number of anilines is 1. The number of tetrazole rings is 1. The molecule has 0 spiro atoms. The van der Waals surface area contributed by atoms with Crippen LogP contribution in [-0.4, -0.2) is 20.2 Å². The van der Waals surface area contributed by atoms with Gasteiger partial charge in [-0.2, -0.15) is 4.68 Å². The van der Waals surface area contributed by atoms with Crippen LogP contribution in [0.5, 0.6) is 0 Å². The summed E-state index contributed by atoms with van der Waals surface area (Å²) in [5.41, 5.74) is 9.03. The first kappa shape index (κ1) is 14.0. The van der Waals surface area contributed by atoms with Crippen LogP contribution in [0.15, 0.2) is 40.9 Å². The molecule has 0 aliphatic carbocycles. The average molecular weight is 365 g/mol. The molecule has 0 radical (unpaired) electrons. The third kappa shape index (κ3) is 2.64. The first-order valence-corrected chi connectivity index (χ1v) is 7.33. The number of benzene rings is 2. The van der Waals surface area contributed by atoms with Crippen molar-refractivity contribution in [2.45, 2.75) is 6.92 Å². The van der Waals surface area contributed by atoms with Crippen molar-refractivity contribution in [2.24, 2.45) is 0 Å². The van der Waals surface area contributed by atoms with Gasteiger partial charge in [0.1, 0.15) is 0 Å². The molecule has 0 saturated heterocycles. The molecule has 1 aromatic heterocycles. The monoisotopic (exact) mass is 363 g/mol. The summed E-state index contributed by atoms with van der Waals surface area (Å²) in [5, 5.41) is 12.4. The predicted octanol–water partition coefficient (Wildman–Crippen LogP) is 3.64. The van der Waals surface area contributed by atoms with E-state index >= 15 is 0 Å². The predicted molar refractivity (Wildman–Crippen MR) is 86.4 cm³/mol. The van der Waals surface area contributed by atoms with Crippen molar-refractivity contribution in [3.63, 3.8) is 0 Å². The Kier molecular flexibility index (Phi) is 3.65. The highest BCUT2D eigenvalue weighted by molar-refractivity contribution is 9.10. The summed E-state index contributed by atoms with van der Waals surface area (Å²) >= 11 is 9.54. The van der Waals surface area contributed by atoms with E-state index in [1.165, 1.54) is 0 Å². The molecule has 0 bridgehead atoms. The maximum Gasteiger partial charge on any atom is 0.187 e. The van der Waals surface area contributed by atoms with Gasteiger partial charge in [0.05, 0.1) is 16.4 Å². The number of hydrogen-bond donors (Lipinski definition) is 1. The Morgan fingerprint density at radius 3 is 2.76 bits per heavy atom. The minimum atomic E-state index is 0.480. The van der Waals surface area contributed by atoms with E-state index in [2.05, 4.69) is 31.5 Å². The second kappa shape index (κ2) is 5.46. The van der Waals surface area contributed by atoms with Crippen LogP contribution in [0.3, 0.4) is 0 Å². The molecule has 0 fully saturated rings. The van der Waals surface area contributed by atoms with E-state index in [-0.39, 0.29) is 0 Å². The third-order valence-electron chi connectivity index (χ3n) is 3.13. The Morgan fingerprint density at radius 1 is 1.19 bits per heavy atom. The molecule has 2 N–H and O–H groups in total. The molecule has 0 aliphatic heterocycles. The van der Waals surface area contributed by atoms with E-state index in [4.69, 9.17) is 17.3 Å². The molecule has 0 atom stereocenters. The summed E-state index contributed by atoms with van der Waals surface area (Å²) in [7, 11) is 0. The quantitative estimate of drug-likeness (QED) is 0.705. The van der Waals surface area contributed by atoms with Crippen LogP contribution in [0.25, 0.3) is 17.1 Å². The van der Waals surface area contributed by atoms with Gasteiger partial charge < -0.3 is 5.73 Å². The number of nitrogen functional groups attached to an aromatic ring is 1. The second-order valence-corrected chi connectivity index (χ2v) is 5.90. The van der Waals surface area contributed by atoms with Crippen LogP contribution in [0.4, 0.5) is 5.69 Å². The number of nitrogens with zero attached hydrogens (tertiary/aromatic N) is 4. The topological polar surface area (TPSA) is 69.6 Å². The molecule has 2 aromatic carbocycles. The summed E-state index contributed by atoms with van der Waals surface area (Å²) in [6, 6.07) is 11.3. The summed E-state index contributed by atoms with van der Waals surface area (Å²) in [6.07, 6.45) is 0. The molecule has 5 nitrogen and oxygen atoms in total. The molecule has 0 aliphatic rings.